The van der Waals surface area contributed by atoms with Crippen LogP contribution in [0.15, 0.2) is 48.5 Å². The lowest BCUT2D eigenvalue weighted by molar-refractivity contribution is -0.142. The van der Waals surface area contributed by atoms with Crippen molar-refractivity contribution in [3.05, 3.63) is 59.7 Å². The highest BCUT2D eigenvalue weighted by Crippen LogP contribution is 2.18. The number of aliphatic carboxylic acids is 1. The van der Waals surface area contributed by atoms with Gasteiger partial charge in [-0.25, -0.2) is 4.79 Å². The summed E-state index contributed by atoms with van der Waals surface area (Å²) in [7, 11) is 0. The molecule has 20 atom stereocenters. The molecule has 2 rings (SSSR count). The first kappa shape index (κ1) is 129. The Morgan fingerprint density at radius 3 is 0.980 bits per heavy atom. The molecule has 19 amide bonds. The van der Waals surface area contributed by atoms with Gasteiger partial charge in [-0.05, 0) is 158 Å². The molecule has 0 saturated carbocycles. The van der Waals surface area contributed by atoms with Crippen molar-refractivity contribution in [2.75, 3.05) is 64.5 Å². The van der Waals surface area contributed by atoms with E-state index in [0.29, 0.717) is 5.75 Å². The minimum absolute atomic E-state index is 0.00141. The summed E-state index contributed by atoms with van der Waals surface area (Å²) in [5.41, 5.74) is 28.0. The average molecular weight is 2120 g/mol. The molecule has 0 aliphatic rings. The van der Waals surface area contributed by atoms with E-state index in [1.807, 2.05) is 0 Å². The lowest BCUT2D eigenvalue weighted by Crippen LogP contribution is -2.64. The number of nitrogens with two attached hydrogens (primary N) is 5. The van der Waals surface area contributed by atoms with E-state index in [2.05, 4.69) is 112 Å². The van der Waals surface area contributed by atoms with Crippen LogP contribution in [0.2, 0.25) is 0 Å². The van der Waals surface area contributed by atoms with Gasteiger partial charge in [-0.1, -0.05) is 52.0 Å². The third kappa shape index (κ3) is 50.4. The summed E-state index contributed by atoms with van der Waals surface area (Å²) in [4.78, 5) is 275. The van der Waals surface area contributed by atoms with Crippen LogP contribution in [-0.2, 0) is 109 Å². The molecule has 59 heteroatoms. The van der Waals surface area contributed by atoms with Gasteiger partial charge in [0.05, 0.1) is 63.3 Å². The largest absolute Gasteiger partial charge is 0.508 e. The molecule has 0 aromatic heterocycles. The van der Waals surface area contributed by atoms with Gasteiger partial charge in [0.1, 0.15) is 102 Å². The Kier molecular flexibility index (Phi) is 58.7. The Hall–Kier alpha value is -14.7. The third-order valence-electron chi connectivity index (χ3n) is 21.8. The van der Waals surface area contributed by atoms with Crippen LogP contribution in [0.1, 0.15) is 144 Å². The molecule has 0 saturated heterocycles. The van der Waals surface area contributed by atoms with Crippen molar-refractivity contribution in [1.29, 1.82) is 16.2 Å². The van der Waals surface area contributed by atoms with Gasteiger partial charge < -0.3 is 186 Å². The number of nitrogens with one attached hydrogen (secondary N) is 24. The number of phenolic OH excluding ortho intramolecular Hbond substituents is 2. The summed E-state index contributed by atoms with van der Waals surface area (Å²) in [6, 6.07) is -17.2. The zero-order chi connectivity index (χ0) is 112. The van der Waals surface area contributed by atoms with Gasteiger partial charge in [0, 0.05) is 38.9 Å². The van der Waals surface area contributed by atoms with Crippen molar-refractivity contribution < 1.29 is 142 Å². The molecular formula is C89H147N29O29S. The van der Waals surface area contributed by atoms with Crippen molar-refractivity contribution in [2.45, 2.75) is 267 Å². The Morgan fingerprint density at radius 2 is 0.608 bits per heavy atom. The zero-order valence-electron chi connectivity index (χ0n) is 83.9. The van der Waals surface area contributed by atoms with E-state index in [-0.39, 0.29) is 99.6 Å². The SMILES string of the molecule is CSCC[C@H](N)C(=O)NCC(=O)N[C@H](C(=O)N[C@@H](CO)C(=O)N[C@@H](CCCNC(=N)N)C(=O)N[C@@H](C)C(=O)NCC(=O)N[C@@H](CCC(N)=O)C(=O)N[C@@H](CC(C)C)C(=O)N[C@@H](Cc1ccc(O)cc1)C(=O)N[C@@H](CCCNC(=N)N)C(=O)N[C@H](C(=O)N[C@H](C(=O)N[C@@H](CC(C)C)C(=O)N[C@@H](Cc1ccc(O)cc1)C(=O)N[C@H](C(=O)N[C@@H](CO)C(=O)NCC(=O)N[C@@H](CCCNC(=N)N)C(=O)O)[C@@H](C)O)[C@@H](C)O)[C@@H](C)O)[C@@H](C)O. The van der Waals surface area contributed by atoms with Gasteiger partial charge in [0.15, 0.2) is 17.9 Å². The van der Waals surface area contributed by atoms with E-state index in [1.165, 1.54) is 60.3 Å². The van der Waals surface area contributed by atoms with Crippen LogP contribution in [-0.4, -0.2) is 368 Å². The second-order valence-corrected chi connectivity index (χ2v) is 36.6. The van der Waals surface area contributed by atoms with Crippen LogP contribution in [0.25, 0.3) is 0 Å². The van der Waals surface area contributed by atoms with Crippen LogP contribution < -0.4 is 140 Å². The van der Waals surface area contributed by atoms with E-state index in [4.69, 9.17) is 44.9 Å². The summed E-state index contributed by atoms with van der Waals surface area (Å²) in [6.07, 6.45) is -8.40. The molecule has 0 spiro atoms. The predicted octanol–water partition coefficient (Wildman–Crippen LogP) is -13.7. The van der Waals surface area contributed by atoms with Gasteiger partial charge in [0.2, 0.25) is 112 Å². The third-order valence-corrected chi connectivity index (χ3v) is 22.4. The van der Waals surface area contributed by atoms with Gasteiger partial charge in [-0.3, -0.25) is 107 Å². The number of benzene rings is 2. The van der Waals surface area contributed by atoms with E-state index < -0.39 is 328 Å². The number of aromatic hydroxyl groups is 2. The summed E-state index contributed by atoms with van der Waals surface area (Å²) in [6.45, 7) is 7.01. The molecule has 828 valence electrons. The highest BCUT2D eigenvalue weighted by atomic mass is 32.2. The number of rotatable bonds is 69. The number of primary amides is 1. The number of aliphatic hydroxyl groups excluding tert-OH is 6. The summed E-state index contributed by atoms with van der Waals surface area (Å²) < 4.78 is 0. The molecule has 148 heavy (non-hydrogen) atoms. The summed E-state index contributed by atoms with van der Waals surface area (Å²) in [5, 5.41) is 166. The highest BCUT2D eigenvalue weighted by Gasteiger charge is 2.41. The maximum absolute atomic E-state index is 15.0. The van der Waals surface area contributed by atoms with E-state index in [9.17, 15) is 142 Å². The maximum Gasteiger partial charge on any atom is 0.326 e. The van der Waals surface area contributed by atoms with Crippen molar-refractivity contribution in [2.24, 2.45) is 40.5 Å². The van der Waals surface area contributed by atoms with Gasteiger partial charge in [0.25, 0.3) is 0 Å². The lowest BCUT2D eigenvalue weighted by atomic mass is 9.99. The Bertz CT molecular complexity index is 4810. The van der Waals surface area contributed by atoms with Crippen molar-refractivity contribution >= 4 is 148 Å². The Morgan fingerprint density at radius 1 is 0.324 bits per heavy atom. The molecule has 0 bridgehead atoms. The molecule has 0 unspecified atom stereocenters. The minimum Gasteiger partial charge on any atom is -0.508 e. The molecule has 0 radical (unpaired) electrons. The number of thioether (sulfide) groups is 1. The van der Waals surface area contributed by atoms with Crippen molar-refractivity contribution in [3.63, 3.8) is 0 Å². The van der Waals surface area contributed by atoms with Crippen molar-refractivity contribution in [3.8, 4) is 11.5 Å². The molecule has 0 aliphatic carbocycles. The number of guanidine groups is 3. The van der Waals surface area contributed by atoms with Crippen LogP contribution in [0, 0.1) is 28.1 Å². The first-order chi connectivity index (χ1) is 69.4. The first-order valence-electron chi connectivity index (χ1n) is 47.3. The molecule has 2 aromatic carbocycles. The fourth-order valence-electron chi connectivity index (χ4n) is 13.8. The van der Waals surface area contributed by atoms with Crippen molar-refractivity contribution in [1.82, 2.24) is 112 Å². The quantitative estimate of drug-likeness (QED) is 0.0166. The maximum atomic E-state index is 15.0. The molecule has 43 N–H and O–H groups in total. The average Bonchev–Trinajstić information content (AvgIpc) is 0.833. The van der Waals surface area contributed by atoms with Gasteiger partial charge >= 0.3 is 5.97 Å². The fourth-order valence-corrected chi connectivity index (χ4v) is 14.3. The van der Waals surface area contributed by atoms with E-state index in [1.54, 1.807) is 34.0 Å². The number of amides is 19. The number of carboxylic acids is 1. The van der Waals surface area contributed by atoms with Crippen LogP contribution >= 0.6 is 11.8 Å². The first-order valence-corrected chi connectivity index (χ1v) is 48.7. The number of carbonyl (C=O) groups excluding carboxylic acids is 19. The normalized spacial score (nSPS) is 15.1. The number of hydrogen-bond acceptors (Lipinski definition) is 33. The Labute approximate surface area is 856 Å². The predicted molar refractivity (Wildman–Crippen MR) is 532 cm³/mol. The minimum atomic E-state index is -2.10. The second kappa shape index (κ2) is 67.2. The summed E-state index contributed by atoms with van der Waals surface area (Å²) >= 11 is 1.43. The summed E-state index contributed by atoms with van der Waals surface area (Å²) in [5.74, 6) is -25.0. The molecule has 0 aliphatic heterocycles. The van der Waals surface area contributed by atoms with E-state index >= 15 is 0 Å². The smallest absolute Gasteiger partial charge is 0.326 e. The molecule has 0 fully saturated rings. The van der Waals surface area contributed by atoms with Crippen LogP contribution in [0.4, 0.5) is 0 Å². The number of hydrogen-bond donors (Lipinski definition) is 38. The highest BCUT2D eigenvalue weighted by molar-refractivity contribution is 7.98. The second-order valence-electron chi connectivity index (χ2n) is 35.6. The van der Waals surface area contributed by atoms with E-state index in [0.717, 1.165) is 34.6 Å². The standard InChI is InChI=1S/C89H147N29O29S/c1-41(2)32-57(109-75(135)55(25-26-63(91)127)105-64(128)36-101-71(131)43(5)104-74(134)53(14-11-28-98-87(92)93)108-81(141)62(40-120)114-82(142)67(44(6)121)115-66(130)38-102-72(132)52(90)27-31-148-10)77(137)110-59(34-48-17-21-50(125)22-18-48)79(139)107-54(15-12-29-99-88(94)95)76(136)116-70(47(9)124)85(145)118-69(46(8)123)83(143)112-58(33-42(3)4)78(138)111-60(35-49-19-23-51(126)24-20-49)80(140)117-68(45(7)122)84(144)113-61(39-119)73(133)103-37-65(129)106-56(86(146)147)16-13-30-100-89(96)97/h17-24,41-47,52-62,67-70,119-126H,11-16,25-40,90H2,1-10H3,(H2,91,127)(H,101,131)(H,102,132)(H,103,133)(H,104,134)(H,105,128)(H,106,129)(H,107,139)(H,108,141)(H,109,135)(H,110,137)(H,111,138)(H,112,143)(H,113,144)(H,114,142)(H,115,130)(H,116,136)(H,117,140)(H,118,145)(H,146,147)(H4,92,93,98)(H4,94,95,99)(H4,96,97,100)/t43-,44+,45+,46+,47+,52-,53-,54-,55-,56-,57-,58-,59-,60-,61-,62-,67-,68-,69-,70-/m0/s1. The Balaban J connectivity index is 2.52. The number of phenols is 2. The molecule has 2 aromatic rings. The van der Waals surface area contributed by atoms with Crippen LogP contribution in [0.3, 0.4) is 0 Å². The van der Waals surface area contributed by atoms with Gasteiger partial charge in [-0.15, -0.1) is 0 Å². The lowest BCUT2D eigenvalue weighted by Gasteiger charge is -2.30. The number of aliphatic hydroxyl groups is 6. The molecular weight excluding hydrogens is 1970 g/mol. The topological polar surface area (TPSA) is 978 Å². The fraction of sp³-hybridized carbons (Fsp3) is 0.607. The van der Waals surface area contributed by atoms with Crippen LogP contribution in [0.5, 0.6) is 11.5 Å². The monoisotopic (exact) mass is 2120 g/mol. The van der Waals surface area contributed by atoms with Gasteiger partial charge in [-0.2, -0.15) is 11.8 Å². The molecule has 58 nitrogen and oxygen atoms in total. The number of carbonyl (C=O) groups is 20. The zero-order valence-corrected chi connectivity index (χ0v) is 84.7. The number of carboxylic acid groups (broad SMARTS) is 1. The molecule has 0 heterocycles.